The molecule has 1 heterocycles. The Kier molecular flexibility index (Phi) is 3.33. The van der Waals surface area contributed by atoms with Crippen LogP contribution >= 0.6 is 0 Å². The zero-order valence-corrected chi connectivity index (χ0v) is 11.9. The van der Waals surface area contributed by atoms with Gasteiger partial charge in [0.05, 0.1) is 22.9 Å². The van der Waals surface area contributed by atoms with Crippen molar-refractivity contribution < 1.29 is 17.5 Å². The molecular weight excluding hydrogens is 293 g/mol. The van der Waals surface area contributed by atoms with E-state index < -0.39 is 15.7 Å². The first-order chi connectivity index (χ1) is 9.97. The molecule has 0 fully saturated rings. The molecule has 0 bridgehead atoms. The van der Waals surface area contributed by atoms with E-state index in [2.05, 4.69) is 0 Å². The number of benzene rings is 2. The van der Waals surface area contributed by atoms with Crippen molar-refractivity contribution in [3.63, 3.8) is 0 Å². The molecule has 110 valence electrons. The second-order valence-corrected chi connectivity index (χ2v) is 7.01. The van der Waals surface area contributed by atoms with Gasteiger partial charge in [0, 0.05) is 11.5 Å². The Morgan fingerprint density at radius 2 is 2.00 bits per heavy atom. The fraction of sp³-hybridized carbons (Fsp3) is 0.200. The molecule has 1 unspecified atom stereocenters. The van der Waals surface area contributed by atoms with E-state index in [1.54, 1.807) is 6.07 Å². The van der Waals surface area contributed by atoms with Crippen LogP contribution in [0.15, 0.2) is 47.4 Å². The number of para-hydroxylation sites is 1. The molecule has 3 rings (SSSR count). The third-order valence-corrected chi connectivity index (χ3v) is 5.40. The highest BCUT2D eigenvalue weighted by molar-refractivity contribution is 7.91. The number of nitrogen functional groups attached to an aromatic ring is 1. The SMILES string of the molecule is Nc1ccc(F)cc1S(=O)(=O)CC1COc2ccccc21. The quantitative estimate of drug-likeness (QED) is 0.884. The van der Waals surface area contributed by atoms with Crippen LogP contribution in [0.2, 0.25) is 0 Å². The van der Waals surface area contributed by atoms with Crippen molar-refractivity contribution in [1.82, 2.24) is 0 Å². The van der Waals surface area contributed by atoms with Gasteiger partial charge in [-0.05, 0) is 24.3 Å². The zero-order valence-electron chi connectivity index (χ0n) is 11.1. The van der Waals surface area contributed by atoms with Crippen LogP contribution in [-0.4, -0.2) is 20.8 Å². The highest BCUT2D eigenvalue weighted by atomic mass is 32.2. The van der Waals surface area contributed by atoms with Crippen LogP contribution in [0.3, 0.4) is 0 Å². The van der Waals surface area contributed by atoms with Crippen LogP contribution < -0.4 is 10.5 Å². The maximum absolute atomic E-state index is 13.3. The molecule has 1 aliphatic heterocycles. The Bertz CT molecular complexity index is 789. The maximum Gasteiger partial charge on any atom is 0.181 e. The predicted molar refractivity (Wildman–Crippen MR) is 77.5 cm³/mol. The van der Waals surface area contributed by atoms with E-state index in [0.29, 0.717) is 12.4 Å². The molecule has 0 saturated heterocycles. The van der Waals surface area contributed by atoms with E-state index in [1.807, 2.05) is 18.2 Å². The fourth-order valence-corrected chi connectivity index (χ4v) is 4.20. The van der Waals surface area contributed by atoms with Crippen molar-refractivity contribution in [2.45, 2.75) is 10.8 Å². The zero-order chi connectivity index (χ0) is 15.0. The molecule has 0 amide bonds. The second kappa shape index (κ2) is 5.04. The molecule has 6 heteroatoms. The largest absolute Gasteiger partial charge is 0.493 e. The van der Waals surface area contributed by atoms with Gasteiger partial charge in [-0.25, -0.2) is 12.8 Å². The number of sulfone groups is 1. The maximum atomic E-state index is 13.3. The lowest BCUT2D eigenvalue weighted by Gasteiger charge is -2.11. The normalized spacial score (nSPS) is 17.3. The Balaban J connectivity index is 1.93. The summed E-state index contributed by atoms with van der Waals surface area (Å²) in [5.74, 6) is -0.345. The van der Waals surface area contributed by atoms with E-state index in [-0.39, 0.29) is 22.3 Å². The fourth-order valence-electron chi connectivity index (χ4n) is 2.50. The van der Waals surface area contributed by atoms with Crippen molar-refractivity contribution in [2.75, 3.05) is 18.1 Å². The summed E-state index contributed by atoms with van der Waals surface area (Å²) >= 11 is 0. The van der Waals surface area contributed by atoms with E-state index in [4.69, 9.17) is 10.5 Å². The molecule has 4 nitrogen and oxygen atoms in total. The summed E-state index contributed by atoms with van der Waals surface area (Å²) in [6.07, 6.45) is 0. The summed E-state index contributed by atoms with van der Waals surface area (Å²) in [4.78, 5) is -0.160. The molecule has 0 spiro atoms. The molecule has 2 aromatic rings. The number of nitrogens with two attached hydrogens (primary N) is 1. The third-order valence-electron chi connectivity index (χ3n) is 3.53. The average Bonchev–Trinajstić information content (AvgIpc) is 2.84. The lowest BCUT2D eigenvalue weighted by atomic mass is 10.0. The van der Waals surface area contributed by atoms with Gasteiger partial charge < -0.3 is 10.5 Å². The molecule has 0 radical (unpaired) electrons. The first-order valence-electron chi connectivity index (χ1n) is 6.47. The van der Waals surface area contributed by atoms with Crippen LogP contribution in [0.5, 0.6) is 5.75 Å². The Labute approximate surface area is 122 Å². The molecule has 2 aromatic carbocycles. The molecule has 0 aliphatic carbocycles. The Hall–Kier alpha value is -2.08. The third kappa shape index (κ3) is 2.58. The van der Waals surface area contributed by atoms with E-state index in [9.17, 15) is 12.8 Å². The van der Waals surface area contributed by atoms with Crippen molar-refractivity contribution in [1.29, 1.82) is 0 Å². The smallest absolute Gasteiger partial charge is 0.181 e. The lowest BCUT2D eigenvalue weighted by molar-refractivity contribution is 0.337. The minimum atomic E-state index is -3.68. The highest BCUT2D eigenvalue weighted by Gasteiger charge is 2.30. The van der Waals surface area contributed by atoms with Crippen LogP contribution in [0, 0.1) is 5.82 Å². The van der Waals surface area contributed by atoms with Crippen molar-refractivity contribution in [3.05, 3.63) is 53.8 Å². The Morgan fingerprint density at radius 1 is 1.24 bits per heavy atom. The number of rotatable bonds is 3. The van der Waals surface area contributed by atoms with Crippen molar-refractivity contribution in [3.8, 4) is 5.75 Å². The van der Waals surface area contributed by atoms with Crippen LogP contribution in [-0.2, 0) is 9.84 Å². The van der Waals surface area contributed by atoms with Gasteiger partial charge in [0.2, 0.25) is 0 Å². The lowest BCUT2D eigenvalue weighted by Crippen LogP contribution is -2.17. The second-order valence-electron chi connectivity index (χ2n) is 5.01. The van der Waals surface area contributed by atoms with Crippen LogP contribution in [0.25, 0.3) is 0 Å². The summed E-state index contributed by atoms with van der Waals surface area (Å²) < 4.78 is 43.7. The highest BCUT2D eigenvalue weighted by Crippen LogP contribution is 2.35. The van der Waals surface area contributed by atoms with Gasteiger partial charge in [-0.1, -0.05) is 18.2 Å². The van der Waals surface area contributed by atoms with E-state index >= 15 is 0 Å². The Morgan fingerprint density at radius 3 is 2.81 bits per heavy atom. The van der Waals surface area contributed by atoms with Gasteiger partial charge in [-0.2, -0.15) is 0 Å². The van der Waals surface area contributed by atoms with Crippen molar-refractivity contribution in [2.24, 2.45) is 0 Å². The minimum Gasteiger partial charge on any atom is -0.493 e. The minimum absolute atomic E-state index is 0.0589. The summed E-state index contributed by atoms with van der Waals surface area (Å²) in [5.41, 5.74) is 6.58. The van der Waals surface area contributed by atoms with Crippen LogP contribution in [0.4, 0.5) is 10.1 Å². The van der Waals surface area contributed by atoms with Crippen LogP contribution in [0.1, 0.15) is 11.5 Å². The van der Waals surface area contributed by atoms with Gasteiger partial charge in [0.1, 0.15) is 11.6 Å². The number of hydrogen-bond acceptors (Lipinski definition) is 4. The number of anilines is 1. The van der Waals surface area contributed by atoms with E-state index in [0.717, 1.165) is 17.7 Å². The number of halogens is 1. The molecule has 0 saturated carbocycles. The monoisotopic (exact) mass is 307 g/mol. The molecule has 21 heavy (non-hydrogen) atoms. The van der Waals surface area contributed by atoms with Gasteiger partial charge in [0.25, 0.3) is 0 Å². The first kappa shape index (κ1) is 13.9. The summed E-state index contributed by atoms with van der Waals surface area (Å²) in [6, 6.07) is 10.7. The molecule has 0 aromatic heterocycles. The molecular formula is C15H14FNO3S. The van der Waals surface area contributed by atoms with Gasteiger partial charge in [-0.3, -0.25) is 0 Å². The summed E-state index contributed by atoms with van der Waals surface area (Å²) in [7, 11) is -3.68. The summed E-state index contributed by atoms with van der Waals surface area (Å²) in [6.45, 7) is 0.299. The topological polar surface area (TPSA) is 69.4 Å². The average molecular weight is 307 g/mol. The van der Waals surface area contributed by atoms with E-state index in [1.165, 1.54) is 6.07 Å². The first-order valence-corrected chi connectivity index (χ1v) is 8.12. The number of fused-ring (bicyclic) bond motifs is 1. The number of ether oxygens (including phenoxy) is 1. The van der Waals surface area contributed by atoms with Gasteiger partial charge in [-0.15, -0.1) is 0 Å². The predicted octanol–water partition coefficient (Wildman–Crippen LogP) is 2.36. The molecule has 1 aliphatic rings. The molecule has 1 atom stereocenters. The summed E-state index contributed by atoms with van der Waals surface area (Å²) in [5, 5.41) is 0. The van der Waals surface area contributed by atoms with Gasteiger partial charge >= 0.3 is 0 Å². The number of hydrogen-bond donors (Lipinski definition) is 1. The van der Waals surface area contributed by atoms with Gasteiger partial charge in [0.15, 0.2) is 9.84 Å². The molecule has 2 N–H and O–H groups in total. The standard InChI is InChI=1S/C15H14FNO3S/c16-11-5-6-13(17)15(7-11)21(18,19)9-10-8-20-14-4-2-1-3-12(10)14/h1-7,10H,8-9,17H2. The van der Waals surface area contributed by atoms with Crippen molar-refractivity contribution >= 4 is 15.5 Å².